The van der Waals surface area contributed by atoms with Gasteiger partial charge in [-0.05, 0) is 49.6 Å². The molecular formula is C16H15N3. The minimum atomic E-state index is 0.896. The van der Waals surface area contributed by atoms with E-state index in [1.165, 1.54) is 5.56 Å². The topological polar surface area (TPSA) is 38.1 Å². The molecular weight excluding hydrogens is 234 g/mol. The molecule has 2 aromatic heterocycles. The van der Waals surface area contributed by atoms with Gasteiger partial charge in [0, 0.05) is 12.4 Å². The molecule has 0 N–H and O–H groups in total. The molecule has 0 aliphatic carbocycles. The van der Waals surface area contributed by atoms with E-state index in [1.54, 1.807) is 6.20 Å². The zero-order valence-electron chi connectivity index (χ0n) is 10.9. The maximum Gasteiger partial charge on any atom is 0.0896 e. The van der Waals surface area contributed by atoms with Crippen molar-refractivity contribution in [2.24, 2.45) is 4.99 Å². The zero-order valence-corrected chi connectivity index (χ0v) is 10.9. The second-order valence-electron chi connectivity index (χ2n) is 4.61. The van der Waals surface area contributed by atoms with Gasteiger partial charge in [0.05, 0.1) is 22.8 Å². The highest BCUT2D eigenvalue weighted by Crippen LogP contribution is 2.23. The van der Waals surface area contributed by atoms with Crippen LogP contribution in [0.25, 0.3) is 17.1 Å². The number of aryl methyl sites for hydroxylation is 1. The lowest BCUT2D eigenvalue weighted by Crippen LogP contribution is -1.96. The Labute approximate surface area is 112 Å². The van der Waals surface area contributed by atoms with E-state index in [4.69, 9.17) is 0 Å². The summed E-state index contributed by atoms with van der Waals surface area (Å²) in [6.07, 6.45) is 7.94. The molecule has 0 saturated heterocycles. The lowest BCUT2D eigenvalue weighted by atomic mass is 10.1. The third-order valence-corrected chi connectivity index (χ3v) is 3.02. The molecule has 2 aromatic rings. The molecule has 3 nitrogen and oxygen atoms in total. The van der Waals surface area contributed by atoms with Gasteiger partial charge in [0.15, 0.2) is 0 Å². The van der Waals surface area contributed by atoms with E-state index in [9.17, 15) is 0 Å². The van der Waals surface area contributed by atoms with E-state index >= 15 is 0 Å². The Kier molecular flexibility index (Phi) is 3.19. The average molecular weight is 249 g/mol. The third kappa shape index (κ3) is 2.60. The quantitative estimate of drug-likeness (QED) is 0.814. The van der Waals surface area contributed by atoms with Crippen molar-refractivity contribution in [3.63, 3.8) is 0 Å². The molecule has 0 aromatic carbocycles. The second kappa shape index (κ2) is 5.14. The van der Waals surface area contributed by atoms with Gasteiger partial charge in [-0.15, -0.1) is 0 Å². The lowest BCUT2D eigenvalue weighted by Gasteiger charge is -2.09. The molecule has 0 bridgehead atoms. The van der Waals surface area contributed by atoms with Gasteiger partial charge in [0.2, 0.25) is 0 Å². The first kappa shape index (κ1) is 11.8. The van der Waals surface area contributed by atoms with Crippen LogP contribution in [0.1, 0.15) is 24.1 Å². The van der Waals surface area contributed by atoms with E-state index in [2.05, 4.69) is 40.1 Å². The van der Waals surface area contributed by atoms with Crippen molar-refractivity contribution in [3.05, 3.63) is 53.9 Å². The Morgan fingerprint density at radius 2 is 1.89 bits per heavy atom. The number of hydrogen-bond acceptors (Lipinski definition) is 3. The van der Waals surface area contributed by atoms with Crippen molar-refractivity contribution in [3.8, 4) is 11.4 Å². The summed E-state index contributed by atoms with van der Waals surface area (Å²) in [6, 6.07) is 9.99. The SMILES string of the molecule is Cc1cc(C2=CCCC=N2)nc(-c2ccccn2)c1. The van der Waals surface area contributed by atoms with Crippen LogP contribution in [0, 0.1) is 6.92 Å². The molecule has 94 valence electrons. The van der Waals surface area contributed by atoms with Crippen LogP contribution in [0.3, 0.4) is 0 Å². The Bertz CT molecular complexity index is 642. The summed E-state index contributed by atoms with van der Waals surface area (Å²) >= 11 is 0. The van der Waals surface area contributed by atoms with Crippen LogP contribution >= 0.6 is 0 Å². The highest BCUT2D eigenvalue weighted by Gasteiger charge is 2.08. The normalized spacial score (nSPS) is 14.3. The van der Waals surface area contributed by atoms with Gasteiger partial charge in [-0.2, -0.15) is 0 Å². The molecule has 0 radical (unpaired) electrons. The van der Waals surface area contributed by atoms with Crippen molar-refractivity contribution < 1.29 is 0 Å². The molecule has 0 spiro atoms. The molecule has 19 heavy (non-hydrogen) atoms. The van der Waals surface area contributed by atoms with Gasteiger partial charge < -0.3 is 0 Å². The molecule has 3 heteroatoms. The van der Waals surface area contributed by atoms with E-state index in [0.717, 1.165) is 35.6 Å². The van der Waals surface area contributed by atoms with Gasteiger partial charge in [-0.1, -0.05) is 12.1 Å². The lowest BCUT2D eigenvalue weighted by molar-refractivity contribution is 1.08. The summed E-state index contributed by atoms with van der Waals surface area (Å²) in [5.74, 6) is 0. The molecule has 1 aliphatic heterocycles. The Morgan fingerprint density at radius 1 is 1.00 bits per heavy atom. The van der Waals surface area contributed by atoms with Crippen molar-refractivity contribution in [1.82, 2.24) is 9.97 Å². The first-order valence-corrected chi connectivity index (χ1v) is 6.46. The fraction of sp³-hybridized carbons (Fsp3) is 0.188. The molecule has 3 heterocycles. The van der Waals surface area contributed by atoms with E-state index in [-0.39, 0.29) is 0 Å². The van der Waals surface area contributed by atoms with Crippen LogP contribution in [-0.4, -0.2) is 16.2 Å². The molecule has 0 fully saturated rings. The van der Waals surface area contributed by atoms with E-state index in [1.807, 2.05) is 24.4 Å². The molecule has 1 aliphatic rings. The van der Waals surface area contributed by atoms with Crippen molar-refractivity contribution >= 4 is 11.9 Å². The minimum Gasteiger partial charge on any atom is -0.259 e. The van der Waals surface area contributed by atoms with Gasteiger partial charge in [-0.3, -0.25) is 9.98 Å². The van der Waals surface area contributed by atoms with Gasteiger partial charge >= 0.3 is 0 Å². The van der Waals surface area contributed by atoms with E-state index in [0.29, 0.717) is 0 Å². The summed E-state index contributed by atoms with van der Waals surface area (Å²) in [5, 5.41) is 0. The highest BCUT2D eigenvalue weighted by molar-refractivity contribution is 5.76. The van der Waals surface area contributed by atoms with Crippen molar-refractivity contribution in [2.45, 2.75) is 19.8 Å². The number of allylic oxidation sites excluding steroid dienone is 1. The number of aliphatic imine (C=N–C) groups is 1. The first-order valence-electron chi connectivity index (χ1n) is 6.46. The van der Waals surface area contributed by atoms with E-state index < -0.39 is 0 Å². The fourth-order valence-electron chi connectivity index (χ4n) is 2.12. The van der Waals surface area contributed by atoms with Crippen molar-refractivity contribution in [1.29, 1.82) is 0 Å². The third-order valence-electron chi connectivity index (χ3n) is 3.02. The molecule has 0 unspecified atom stereocenters. The van der Waals surface area contributed by atoms with Gasteiger partial charge in [0.1, 0.15) is 0 Å². The monoisotopic (exact) mass is 249 g/mol. The first-order chi connectivity index (χ1) is 9.33. The molecule has 3 rings (SSSR count). The largest absolute Gasteiger partial charge is 0.259 e. The number of nitrogens with zero attached hydrogens (tertiary/aromatic N) is 3. The Hall–Kier alpha value is -2.29. The maximum atomic E-state index is 4.68. The number of aromatic nitrogens is 2. The minimum absolute atomic E-state index is 0.896. The summed E-state index contributed by atoms with van der Waals surface area (Å²) < 4.78 is 0. The second-order valence-corrected chi connectivity index (χ2v) is 4.61. The summed E-state index contributed by atoms with van der Waals surface area (Å²) in [5.41, 5.74) is 4.86. The summed E-state index contributed by atoms with van der Waals surface area (Å²) in [6.45, 7) is 2.07. The molecule has 0 amide bonds. The van der Waals surface area contributed by atoms with Crippen LogP contribution in [0.2, 0.25) is 0 Å². The van der Waals surface area contributed by atoms with Gasteiger partial charge in [0.25, 0.3) is 0 Å². The molecule has 0 saturated carbocycles. The predicted molar refractivity (Wildman–Crippen MR) is 77.9 cm³/mol. The van der Waals surface area contributed by atoms with Crippen LogP contribution in [0.5, 0.6) is 0 Å². The van der Waals surface area contributed by atoms with Crippen LogP contribution in [0.15, 0.2) is 47.6 Å². The summed E-state index contributed by atoms with van der Waals surface area (Å²) in [7, 11) is 0. The van der Waals surface area contributed by atoms with Crippen LogP contribution in [0.4, 0.5) is 0 Å². The van der Waals surface area contributed by atoms with Crippen LogP contribution in [-0.2, 0) is 0 Å². The molecule has 0 atom stereocenters. The van der Waals surface area contributed by atoms with Gasteiger partial charge in [-0.25, -0.2) is 4.98 Å². The number of hydrogen-bond donors (Lipinski definition) is 0. The maximum absolute atomic E-state index is 4.68. The van der Waals surface area contributed by atoms with Crippen LogP contribution < -0.4 is 0 Å². The highest BCUT2D eigenvalue weighted by atomic mass is 14.8. The fourth-order valence-corrected chi connectivity index (χ4v) is 2.12. The number of pyridine rings is 2. The summed E-state index contributed by atoms with van der Waals surface area (Å²) in [4.78, 5) is 13.5. The van der Waals surface area contributed by atoms with Crippen molar-refractivity contribution in [2.75, 3.05) is 0 Å². The zero-order chi connectivity index (χ0) is 13.1. The Balaban J connectivity index is 2.06. The Morgan fingerprint density at radius 3 is 2.63 bits per heavy atom. The average Bonchev–Trinajstić information content (AvgIpc) is 2.48. The smallest absolute Gasteiger partial charge is 0.0896 e. The standard InChI is InChI=1S/C16H15N3/c1-12-10-15(13-6-2-4-8-17-13)19-16(11-12)14-7-3-5-9-18-14/h2,4,6-11H,3,5H2,1H3. The predicted octanol–water partition coefficient (Wildman–Crippen LogP) is 3.66. The number of rotatable bonds is 2.